The van der Waals surface area contributed by atoms with Gasteiger partial charge in [0.15, 0.2) is 0 Å². The minimum Gasteiger partial charge on any atom is -0.495 e. The van der Waals surface area contributed by atoms with E-state index in [2.05, 4.69) is 37.2 Å². The van der Waals surface area contributed by atoms with Crippen molar-refractivity contribution in [2.75, 3.05) is 32.1 Å². The molecule has 0 saturated heterocycles. The van der Waals surface area contributed by atoms with Crippen molar-refractivity contribution in [2.45, 2.75) is 26.3 Å². The maximum atomic E-state index is 5.38. The van der Waals surface area contributed by atoms with Crippen molar-refractivity contribution in [3.8, 4) is 5.75 Å². The van der Waals surface area contributed by atoms with Crippen molar-refractivity contribution in [1.29, 1.82) is 0 Å². The smallest absolute Gasteiger partial charge is 0.142 e. The summed E-state index contributed by atoms with van der Waals surface area (Å²) in [6.45, 7) is 6.36. The lowest BCUT2D eigenvalue weighted by atomic mass is 10.2. The van der Waals surface area contributed by atoms with Crippen molar-refractivity contribution in [3.63, 3.8) is 0 Å². The van der Waals surface area contributed by atoms with E-state index in [0.29, 0.717) is 6.04 Å². The highest BCUT2D eigenvalue weighted by Gasteiger charge is 2.11. The Bertz CT molecular complexity index is 328. The number of hydrogen-bond acceptors (Lipinski definition) is 3. The molecule has 96 valence electrons. The summed E-state index contributed by atoms with van der Waals surface area (Å²) in [7, 11) is 3.83. The van der Waals surface area contributed by atoms with Crippen LogP contribution in [0.2, 0.25) is 0 Å². The second kappa shape index (κ2) is 7.17. The van der Waals surface area contributed by atoms with Crippen LogP contribution in [0.25, 0.3) is 0 Å². The van der Waals surface area contributed by atoms with E-state index in [1.165, 1.54) is 0 Å². The zero-order chi connectivity index (χ0) is 12.7. The van der Waals surface area contributed by atoms with Crippen molar-refractivity contribution >= 4 is 5.69 Å². The molecular weight excluding hydrogens is 212 g/mol. The van der Waals surface area contributed by atoms with Gasteiger partial charge in [-0.3, -0.25) is 0 Å². The number of benzene rings is 1. The van der Waals surface area contributed by atoms with E-state index in [-0.39, 0.29) is 0 Å². The quantitative estimate of drug-likeness (QED) is 0.787. The van der Waals surface area contributed by atoms with Crippen LogP contribution in [-0.2, 0) is 0 Å². The second-order valence-corrected chi connectivity index (χ2v) is 4.22. The predicted octanol–water partition coefficient (Wildman–Crippen LogP) is 2.52. The standard InChI is InChI=1S/C14H24N2O/c1-5-12(15-6-2)11-16(3)13-9-7-8-10-14(13)17-4/h7-10,12,15H,5-6,11H2,1-4H3. The molecule has 3 nitrogen and oxygen atoms in total. The van der Waals surface area contributed by atoms with E-state index in [1.54, 1.807) is 7.11 Å². The first kappa shape index (κ1) is 13.8. The lowest BCUT2D eigenvalue weighted by Gasteiger charge is -2.26. The van der Waals surface area contributed by atoms with E-state index in [9.17, 15) is 0 Å². The van der Waals surface area contributed by atoms with Crippen LogP contribution in [0.3, 0.4) is 0 Å². The van der Waals surface area contributed by atoms with E-state index < -0.39 is 0 Å². The molecule has 1 aromatic rings. The van der Waals surface area contributed by atoms with Crippen LogP contribution in [0.1, 0.15) is 20.3 Å². The third-order valence-corrected chi connectivity index (χ3v) is 2.98. The summed E-state index contributed by atoms with van der Waals surface area (Å²) < 4.78 is 5.38. The van der Waals surface area contributed by atoms with Gasteiger partial charge in [0, 0.05) is 19.6 Å². The van der Waals surface area contributed by atoms with Crippen LogP contribution in [0.4, 0.5) is 5.69 Å². The fraction of sp³-hybridized carbons (Fsp3) is 0.571. The number of methoxy groups -OCH3 is 1. The predicted molar refractivity (Wildman–Crippen MR) is 74.0 cm³/mol. The first-order valence-corrected chi connectivity index (χ1v) is 6.30. The fourth-order valence-corrected chi connectivity index (χ4v) is 2.00. The van der Waals surface area contributed by atoms with Crippen molar-refractivity contribution in [3.05, 3.63) is 24.3 Å². The highest BCUT2D eigenvalue weighted by molar-refractivity contribution is 5.57. The Morgan fingerprint density at radius 1 is 1.29 bits per heavy atom. The lowest BCUT2D eigenvalue weighted by molar-refractivity contribution is 0.413. The Kier molecular flexibility index (Phi) is 5.84. The minimum absolute atomic E-state index is 0.523. The van der Waals surface area contributed by atoms with Gasteiger partial charge in [-0.2, -0.15) is 0 Å². The molecule has 0 radical (unpaired) electrons. The molecule has 0 heterocycles. The normalized spacial score (nSPS) is 12.2. The minimum atomic E-state index is 0.523. The number of nitrogens with zero attached hydrogens (tertiary/aromatic N) is 1. The zero-order valence-electron chi connectivity index (χ0n) is 11.4. The lowest BCUT2D eigenvalue weighted by Crippen LogP contribution is -2.39. The van der Waals surface area contributed by atoms with Crippen LogP contribution >= 0.6 is 0 Å². The van der Waals surface area contributed by atoms with Crippen LogP contribution in [-0.4, -0.2) is 33.3 Å². The van der Waals surface area contributed by atoms with Gasteiger partial charge >= 0.3 is 0 Å². The van der Waals surface area contributed by atoms with E-state index in [1.807, 2.05) is 18.2 Å². The molecule has 3 heteroatoms. The molecule has 0 aliphatic carbocycles. The molecule has 1 aromatic carbocycles. The molecule has 0 saturated carbocycles. The number of likely N-dealkylation sites (N-methyl/N-ethyl adjacent to an activating group) is 2. The van der Waals surface area contributed by atoms with Gasteiger partial charge in [0.1, 0.15) is 5.75 Å². The number of nitrogens with one attached hydrogen (secondary N) is 1. The van der Waals surface area contributed by atoms with Gasteiger partial charge in [0.05, 0.1) is 12.8 Å². The average Bonchev–Trinajstić information content (AvgIpc) is 2.38. The van der Waals surface area contributed by atoms with Gasteiger partial charge in [0.25, 0.3) is 0 Å². The summed E-state index contributed by atoms with van der Waals surface area (Å²) in [4.78, 5) is 2.25. The Labute approximate surface area is 105 Å². The molecule has 1 rings (SSSR count). The van der Waals surface area contributed by atoms with Gasteiger partial charge in [-0.25, -0.2) is 0 Å². The molecule has 0 aromatic heterocycles. The molecule has 0 fully saturated rings. The van der Waals surface area contributed by atoms with Crippen LogP contribution in [0.15, 0.2) is 24.3 Å². The van der Waals surface area contributed by atoms with Gasteiger partial charge in [-0.05, 0) is 25.1 Å². The SMILES string of the molecule is CCNC(CC)CN(C)c1ccccc1OC. The van der Waals surface area contributed by atoms with Crippen molar-refractivity contribution in [2.24, 2.45) is 0 Å². The van der Waals surface area contributed by atoms with Crippen molar-refractivity contribution in [1.82, 2.24) is 5.32 Å². The summed E-state index contributed by atoms with van der Waals surface area (Å²) in [6.07, 6.45) is 1.13. The van der Waals surface area contributed by atoms with E-state index >= 15 is 0 Å². The van der Waals surface area contributed by atoms with E-state index in [0.717, 1.165) is 30.9 Å². The second-order valence-electron chi connectivity index (χ2n) is 4.22. The van der Waals surface area contributed by atoms with Crippen LogP contribution in [0.5, 0.6) is 5.75 Å². The Morgan fingerprint density at radius 3 is 2.59 bits per heavy atom. The molecule has 0 aliphatic heterocycles. The van der Waals surface area contributed by atoms with Gasteiger partial charge in [-0.15, -0.1) is 0 Å². The Morgan fingerprint density at radius 2 is 2.00 bits per heavy atom. The summed E-state index contributed by atoms with van der Waals surface area (Å²) in [5.41, 5.74) is 1.14. The van der Waals surface area contributed by atoms with E-state index in [4.69, 9.17) is 4.74 Å². The first-order valence-electron chi connectivity index (χ1n) is 6.30. The fourth-order valence-electron chi connectivity index (χ4n) is 2.00. The maximum Gasteiger partial charge on any atom is 0.142 e. The van der Waals surface area contributed by atoms with Crippen LogP contribution < -0.4 is 15.0 Å². The monoisotopic (exact) mass is 236 g/mol. The third kappa shape index (κ3) is 3.93. The average molecular weight is 236 g/mol. The Hall–Kier alpha value is -1.22. The number of rotatable bonds is 7. The highest BCUT2D eigenvalue weighted by atomic mass is 16.5. The summed E-state index contributed by atoms with van der Waals surface area (Å²) in [5.74, 6) is 0.932. The highest BCUT2D eigenvalue weighted by Crippen LogP contribution is 2.26. The zero-order valence-corrected chi connectivity index (χ0v) is 11.4. The molecule has 0 aliphatic rings. The molecule has 0 bridgehead atoms. The third-order valence-electron chi connectivity index (χ3n) is 2.98. The molecule has 0 spiro atoms. The largest absolute Gasteiger partial charge is 0.495 e. The van der Waals surface area contributed by atoms with Gasteiger partial charge in [0.2, 0.25) is 0 Å². The summed E-state index contributed by atoms with van der Waals surface area (Å²) in [6, 6.07) is 8.66. The Balaban J connectivity index is 2.71. The van der Waals surface area contributed by atoms with Crippen LogP contribution in [0, 0.1) is 0 Å². The molecule has 0 amide bonds. The number of hydrogen-bond donors (Lipinski definition) is 1. The number of anilines is 1. The summed E-state index contributed by atoms with van der Waals surface area (Å²) >= 11 is 0. The van der Waals surface area contributed by atoms with Gasteiger partial charge in [-0.1, -0.05) is 26.0 Å². The van der Waals surface area contributed by atoms with Crippen molar-refractivity contribution < 1.29 is 4.74 Å². The molecular formula is C14H24N2O. The topological polar surface area (TPSA) is 24.5 Å². The first-order chi connectivity index (χ1) is 8.22. The number of para-hydroxylation sites is 2. The molecule has 1 N–H and O–H groups in total. The number of ether oxygens (including phenoxy) is 1. The molecule has 17 heavy (non-hydrogen) atoms. The summed E-state index contributed by atoms with van der Waals surface area (Å²) in [5, 5.41) is 3.49. The molecule has 1 unspecified atom stereocenters. The molecule has 1 atom stereocenters. The maximum absolute atomic E-state index is 5.38. The van der Waals surface area contributed by atoms with Gasteiger partial charge < -0.3 is 15.0 Å².